The smallest absolute Gasteiger partial charge is 0.257 e. The molecule has 0 saturated carbocycles. The number of amides is 1. The van der Waals surface area contributed by atoms with E-state index in [9.17, 15) is 17.6 Å². The Morgan fingerprint density at radius 2 is 2.08 bits per heavy atom. The third-order valence-corrected chi connectivity index (χ3v) is 6.48. The van der Waals surface area contributed by atoms with Crippen LogP contribution in [0, 0.1) is 12.7 Å². The predicted octanol–water partition coefficient (Wildman–Crippen LogP) is 3.00. The summed E-state index contributed by atoms with van der Waals surface area (Å²) in [4.78, 5) is 15.1. The molecule has 0 saturated heterocycles. The molecule has 0 bridgehead atoms. The minimum atomic E-state index is -3.41. The van der Waals surface area contributed by atoms with Crippen LogP contribution in [0.3, 0.4) is 0 Å². The highest BCUT2D eigenvalue weighted by molar-refractivity contribution is 8.15. The molecule has 1 amide bonds. The Morgan fingerprint density at radius 3 is 2.85 bits per heavy atom. The van der Waals surface area contributed by atoms with E-state index in [2.05, 4.69) is 9.71 Å². The molecule has 1 N–H and O–H groups in total. The third-order valence-electron chi connectivity index (χ3n) is 4.17. The fraction of sp³-hybridized carbons (Fsp3) is 0.176. The van der Waals surface area contributed by atoms with Crippen molar-refractivity contribution in [2.75, 3.05) is 22.5 Å². The normalized spacial score (nSPS) is 17.3. The maximum absolute atomic E-state index is 13.2. The van der Waals surface area contributed by atoms with Crippen LogP contribution < -0.4 is 10.2 Å². The van der Waals surface area contributed by atoms with Crippen molar-refractivity contribution < 1.29 is 17.6 Å². The lowest BCUT2D eigenvalue weighted by molar-refractivity contribution is 0.102. The van der Waals surface area contributed by atoms with Crippen LogP contribution >= 0.6 is 11.8 Å². The summed E-state index contributed by atoms with van der Waals surface area (Å²) in [5.41, 5.74) is 2.45. The predicted molar refractivity (Wildman–Crippen MR) is 100.0 cm³/mol. The molecule has 0 unspecified atom stereocenters. The molecule has 0 spiro atoms. The van der Waals surface area contributed by atoms with E-state index in [1.807, 2.05) is 4.90 Å². The van der Waals surface area contributed by atoms with Gasteiger partial charge in [-0.05, 0) is 60.6 Å². The topological polar surface area (TPSA) is 78.8 Å². The Kier molecular flexibility index (Phi) is 4.00. The maximum atomic E-state index is 13.2. The molecule has 6 nitrogen and oxygen atoms in total. The van der Waals surface area contributed by atoms with Gasteiger partial charge in [0.05, 0.1) is 11.4 Å². The second-order valence-electron chi connectivity index (χ2n) is 6.01. The van der Waals surface area contributed by atoms with Crippen molar-refractivity contribution in [1.29, 1.82) is 0 Å². The van der Waals surface area contributed by atoms with Crippen LogP contribution in [0.5, 0.6) is 0 Å². The van der Waals surface area contributed by atoms with Gasteiger partial charge in [0.15, 0.2) is 5.17 Å². The number of carbonyl (C=O) groups is 1. The van der Waals surface area contributed by atoms with E-state index >= 15 is 0 Å². The first-order valence-electron chi connectivity index (χ1n) is 7.82. The van der Waals surface area contributed by atoms with Crippen LogP contribution in [0.4, 0.5) is 15.8 Å². The summed E-state index contributed by atoms with van der Waals surface area (Å²) in [6.45, 7) is 2.06. The fourth-order valence-electron chi connectivity index (χ4n) is 2.83. The Labute approximate surface area is 154 Å². The largest absolute Gasteiger partial charge is 0.322 e. The molecule has 9 heteroatoms. The van der Waals surface area contributed by atoms with Gasteiger partial charge in [0, 0.05) is 22.7 Å². The Morgan fingerprint density at radius 1 is 1.27 bits per heavy atom. The average Bonchev–Trinajstić information content (AvgIpc) is 2.92. The molecule has 2 heterocycles. The molecular weight excluding hydrogens is 377 g/mol. The second-order valence-corrected chi connectivity index (χ2v) is 8.77. The number of carbonyl (C=O) groups excluding carboxylic acids is 1. The Balaban J connectivity index is 1.60. The fourth-order valence-corrected chi connectivity index (χ4v) is 5.13. The van der Waals surface area contributed by atoms with E-state index in [4.69, 9.17) is 0 Å². The lowest BCUT2D eigenvalue weighted by atomic mass is 10.1. The van der Waals surface area contributed by atoms with Crippen molar-refractivity contribution in [3.05, 3.63) is 53.3 Å². The zero-order valence-corrected chi connectivity index (χ0v) is 15.3. The van der Waals surface area contributed by atoms with Gasteiger partial charge in [-0.3, -0.25) is 4.79 Å². The number of anilines is 2. The summed E-state index contributed by atoms with van der Waals surface area (Å²) < 4.78 is 40.3. The summed E-state index contributed by atoms with van der Waals surface area (Å²) in [5.74, 6) is -0.702. The highest BCUT2D eigenvalue weighted by Crippen LogP contribution is 2.42. The molecule has 0 atom stereocenters. The van der Waals surface area contributed by atoms with Crippen molar-refractivity contribution in [2.24, 2.45) is 4.40 Å². The molecule has 4 rings (SSSR count). The van der Waals surface area contributed by atoms with Crippen LogP contribution in [0.1, 0.15) is 15.9 Å². The van der Waals surface area contributed by atoms with E-state index in [1.54, 1.807) is 25.1 Å². The standard InChI is InChI=1S/C17H14FN3O3S2/c1-10-8-12(18)3-4-13(10)19-16(22)11-2-5-14-15(9-11)25-17-20-26(23,24)7-6-21(14)17/h2-5,8-9H,6-7H2,1H3,(H,19,22). The number of benzene rings is 2. The number of sulfonamides is 1. The van der Waals surface area contributed by atoms with E-state index in [1.165, 1.54) is 30.0 Å². The van der Waals surface area contributed by atoms with Gasteiger partial charge < -0.3 is 10.2 Å². The average molecular weight is 391 g/mol. The summed E-state index contributed by atoms with van der Waals surface area (Å²) in [7, 11) is -3.41. The van der Waals surface area contributed by atoms with Crippen molar-refractivity contribution in [1.82, 2.24) is 0 Å². The van der Waals surface area contributed by atoms with Crippen LogP contribution in [-0.2, 0) is 10.0 Å². The minimum absolute atomic E-state index is 0.0252. The minimum Gasteiger partial charge on any atom is -0.322 e. The number of fused-ring (bicyclic) bond motifs is 3. The first-order chi connectivity index (χ1) is 12.3. The van der Waals surface area contributed by atoms with Gasteiger partial charge >= 0.3 is 0 Å². The van der Waals surface area contributed by atoms with Crippen molar-refractivity contribution >= 4 is 44.2 Å². The molecule has 2 aromatic carbocycles. The van der Waals surface area contributed by atoms with E-state index in [0.717, 1.165) is 10.6 Å². The molecule has 26 heavy (non-hydrogen) atoms. The molecule has 134 valence electrons. The number of hydrogen-bond donors (Lipinski definition) is 1. The summed E-state index contributed by atoms with van der Waals surface area (Å²) in [5, 5.41) is 3.18. The van der Waals surface area contributed by atoms with E-state index < -0.39 is 10.0 Å². The Hall–Kier alpha value is -2.39. The van der Waals surface area contributed by atoms with Crippen LogP contribution in [0.25, 0.3) is 0 Å². The van der Waals surface area contributed by atoms with E-state index in [-0.39, 0.29) is 17.5 Å². The monoisotopic (exact) mass is 391 g/mol. The first-order valence-corrected chi connectivity index (χ1v) is 10.2. The number of rotatable bonds is 2. The van der Waals surface area contributed by atoms with Gasteiger partial charge in [-0.15, -0.1) is 4.40 Å². The molecule has 0 aromatic heterocycles. The molecule has 2 aromatic rings. The summed E-state index contributed by atoms with van der Waals surface area (Å²) >= 11 is 1.23. The zero-order valence-electron chi connectivity index (χ0n) is 13.7. The number of nitrogens with one attached hydrogen (secondary N) is 1. The quantitative estimate of drug-likeness (QED) is 0.851. The number of halogens is 1. The molecule has 0 radical (unpaired) electrons. The highest BCUT2D eigenvalue weighted by atomic mass is 32.2. The van der Waals surface area contributed by atoms with Gasteiger partial charge in [0.1, 0.15) is 5.82 Å². The van der Waals surface area contributed by atoms with Crippen molar-refractivity contribution in [3.63, 3.8) is 0 Å². The second kappa shape index (κ2) is 6.10. The molecule has 2 aliphatic heterocycles. The number of nitrogens with zero attached hydrogens (tertiary/aromatic N) is 2. The van der Waals surface area contributed by atoms with E-state index in [0.29, 0.717) is 28.5 Å². The van der Waals surface area contributed by atoms with Crippen LogP contribution in [-0.4, -0.2) is 31.8 Å². The van der Waals surface area contributed by atoms with Gasteiger partial charge in [-0.25, -0.2) is 12.8 Å². The van der Waals surface area contributed by atoms with Gasteiger partial charge in [0.2, 0.25) is 0 Å². The molecule has 0 fully saturated rings. The summed E-state index contributed by atoms with van der Waals surface area (Å²) in [6.07, 6.45) is 0. The van der Waals surface area contributed by atoms with Gasteiger partial charge in [-0.1, -0.05) is 0 Å². The number of amidine groups is 1. The zero-order chi connectivity index (χ0) is 18.5. The Bertz CT molecular complexity index is 1070. The maximum Gasteiger partial charge on any atom is 0.257 e. The van der Waals surface area contributed by atoms with Gasteiger partial charge in [-0.2, -0.15) is 0 Å². The number of thioether (sulfide) groups is 1. The highest BCUT2D eigenvalue weighted by Gasteiger charge is 2.33. The van der Waals surface area contributed by atoms with Crippen molar-refractivity contribution in [2.45, 2.75) is 11.8 Å². The number of hydrogen-bond acceptors (Lipinski definition) is 5. The molecule has 2 aliphatic rings. The number of aryl methyl sites for hydroxylation is 1. The third kappa shape index (κ3) is 3.08. The first kappa shape index (κ1) is 17.0. The van der Waals surface area contributed by atoms with Crippen LogP contribution in [0.15, 0.2) is 45.7 Å². The van der Waals surface area contributed by atoms with Crippen LogP contribution in [0.2, 0.25) is 0 Å². The van der Waals surface area contributed by atoms with Crippen molar-refractivity contribution in [3.8, 4) is 0 Å². The lowest BCUT2D eigenvalue weighted by Crippen LogP contribution is -2.35. The van der Waals surface area contributed by atoms with Gasteiger partial charge in [0.25, 0.3) is 15.9 Å². The molecular formula is C17H14FN3O3S2. The SMILES string of the molecule is Cc1cc(F)ccc1NC(=O)c1ccc2c(c1)SC1=NS(=O)(=O)CCN12. The summed E-state index contributed by atoms with van der Waals surface area (Å²) in [6, 6.07) is 9.34. The lowest BCUT2D eigenvalue weighted by Gasteiger charge is -2.22. The molecule has 0 aliphatic carbocycles.